The molecule has 0 amide bonds. The second kappa shape index (κ2) is 15.0. The third-order valence-corrected chi connectivity index (χ3v) is 15.6. The van der Waals surface area contributed by atoms with E-state index in [2.05, 4.69) is 199 Å². The molecule has 10 aromatic carbocycles. The Morgan fingerprint density at radius 1 is 0.357 bits per heavy atom. The van der Waals surface area contributed by atoms with E-state index in [0.717, 1.165) is 56.1 Å². The highest BCUT2D eigenvalue weighted by molar-refractivity contribution is 7.25. The monoisotopic (exact) mass is 910 g/mol. The Morgan fingerprint density at radius 2 is 0.914 bits per heavy atom. The summed E-state index contributed by atoms with van der Waals surface area (Å²) in [6, 6.07) is 82.7. The summed E-state index contributed by atoms with van der Waals surface area (Å²) in [5.74, 6) is 3.56. The first-order valence-corrected chi connectivity index (χ1v) is 24.5. The van der Waals surface area contributed by atoms with Gasteiger partial charge in [-0.15, -0.1) is 11.3 Å². The molecule has 0 N–H and O–H groups in total. The molecule has 13 aromatic rings. The first-order chi connectivity index (χ1) is 34.7. The number of rotatable bonds is 5. The van der Waals surface area contributed by atoms with Crippen LogP contribution in [0, 0.1) is 0 Å². The lowest BCUT2D eigenvalue weighted by Crippen LogP contribution is -2.32. The molecule has 1 aliphatic carbocycles. The molecule has 1 aliphatic heterocycles. The fourth-order valence-electron chi connectivity index (χ4n) is 11.5. The van der Waals surface area contributed by atoms with Gasteiger partial charge in [-0.3, -0.25) is 0 Å². The normalized spacial score (nSPS) is 13.1. The molecule has 1 spiro atoms. The van der Waals surface area contributed by atoms with Gasteiger partial charge in [0.05, 0.1) is 16.4 Å². The molecule has 0 saturated carbocycles. The fourth-order valence-corrected chi connectivity index (χ4v) is 12.7. The van der Waals surface area contributed by atoms with E-state index in [9.17, 15) is 0 Å². The predicted octanol–water partition coefficient (Wildman–Crippen LogP) is 16.5. The van der Waals surface area contributed by atoms with E-state index in [4.69, 9.17) is 19.7 Å². The minimum atomic E-state index is -0.741. The van der Waals surface area contributed by atoms with E-state index >= 15 is 0 Å². The van der Waals surface area contributed by atoms with Crippen LogP contribution in [0.15, 0.2) is 231 Å². The number of nitrogens with zero attached hydrogens (tertiary/aromatic N) is 4. The summed E-state index contributed by atoms with van der Waals surface area (Å²) in [6.07, 6.45) is 0. The van der Waals surface area contributed by atoms with Crippen molar-refractivity contribution in [3.63, 3.8) is 0 Å². The van der Waals surface area contributed by atoms with Gasteiger partial charge in [0.2, 0.25) is 0 Å². The number of thiophene rings is 1. The molecule has 3 aromatic heterocycles. The number of ether oxygens (including phenoxy) is 1. The molecule has 4 heterocycles. The van der Waals surface area contributed by atoms with Crippen molar-refractivity contribution in [1.29, 1.82) is 0 Å². The van der Waals surface area contributed by atoms with Crippen molar-refractivity contribution >= 4 is 53.3 Å². The Labute approximate surface area is 407 Å². The van der Waals surface area contributed by atoms with Crippen LogP contribution in [0.2, 0.25) is 0 Å². The zero-order valence-corrected chi connectivity index (χ0v) is 38.4. The fraction of sp³-hybridized carbons (Fsp3) is 0.0156. The highest BCUT2D eigenvalue weighted by atomic mass is 32.1. The first kappa shape index (κ1) is 39.1. The highest BCUT2D eigenvalue weighted by Crippen LogP contribution is 2.63. The van der Waals surface area contributed by atoms with E-state index in [0.29, 0.717) is 17.5 Å². The lowest BCUT2D eigenvalue weighted by Gasteiger charge is -2.39. The summed E-state index contributed by atoms with van der Waals surface area (Å²) >= 11 is 1.87. The Hall–Kier alpha value is -8.97. The van der Waals surface area contributed by atoms with Gasteiger partial charge in [0.1, 0.15) is 11.5 Å². The smallest absolute Gasteiger partial charge is 0.164 e. The number of hydrogen-bond acceptors (Lipinski definition) is 5. The molecule has 15 rings (SSSR count). The number of benzene rings is 10. The van der Waals surface area contributed by atoms with Crippen molar-refractivity contribution in [3.8, 4) is 73.6 Å². The number of aromatic nitrogens is 4. The lowest BCUT2D eigenvalue weighted by atomic mass is 9.65. The number of para-hydroxylation sites is 3. The van der Waals surface area contributed by atoms with Crippen LogP contribution in [-0.4, -0.2) is 19.5 Å². The summed E-state index contributed by atoms with van der Waals surface area (Å²) in [6.45, 7) is 0. The first-order valence-electron chi connectivity index (χ1n) is 23.7. The van der Waals surface area contributed by atoms with Crippen LogP contribution in [0.4, 0.5) is 0 Å². The summed E-state index contributed by atoms with van der Waals surface area (Å²) in [5, 5.41) is 5.05. The van der Waals surface area contributed by atoms with Crippen molar-refractivity contribution in [2.75, 3.05) is 0 Å². The van der Waals surface area contributed by atoms with Crippen LogP contribution in [0.5, 0.6) is 11.5 Å². The second-order valence-electron chi connectivity index (χ2n) is 18.2. The SMILES string of the molecule is c1ccc(-c2nc(-c3ccccc3)nc(-c3ccc4c(c3)C3(c5ccccc5Oc5ccccc53)c3cc(-c5cccc6c5c5cc7sc8ccccc8c7cc5n6-c5ccccc5)ccc3-4)n2)cc1. The summed E-state index contributed by atoms with van der Waals surface area (Å²) in [4.78, 5) is 15.5. The summed E-state index contributed by atoms with van der Waals surface area (Å²) in [5.41, 5.74) is 14.8. The minimum Gasteiger partial charge on any atom is -0.457 e. The molecular formula is C64H38N4OS. The van der Waals surface area contributed by atoms with E-state index in [1.807, 2.05) is 47.7 Å². The van der Waals surface area contributed by atoms with Crippen molar-refractivity contribution in [2.24, 2.45) is 0 Å². The maximum atomic E-state index is 6.83. The Bertz CT molecular complexity index is 4170. The molecular weight excluding hydrogens is 873 g/mol. The second-order valence-corrected chi connectivity index (χ2v) is 19.3. The van der Waals surface area contributed by atoms with E-state index in [1.165, 1.54) is 64.2 Å². The standard InChI is InChI=1S/C64H38N4OS/c1-4-17-39(18-5-1)61-65-62(40-19-6-2-7-20-40)67-63(66-61)42-32-34-46-45-33-31-41(35-52(45)64(53(46)36-42)50-25-11-13-28-56(50)69-57-29-14-12-26-51(57)64)44-24-16-27-54-60(44)49-38-59-48(47-23-10-15-30-58(47)70-59)37-55(49)68(54)43-21-8-3-9-22-43/h1-38H. The Morgan fingerprint density at radius 3 is 1.59 bits per heavy atom. The molecule has 6 heteroatoms. The van der Waals surface area contributed by atoms with E-state index in [-0.39, 0.29) is 0 Å². The third-order valence-electron chi connectivity index (χ3n) is 14.5. The van der Waals surface area contributed by atoms with Gasteiger partial charge in [0.15, 0.2) is 17.5 Å². The molecule has 0 unspecified atom stereocenters. The number of fused-ring (bicyclic) bond motifs is 15. The molecule has 5 nitrogen and oxygen atoms in total. The molecule has 2 aliphatic rings. The number of hydrogen-bond donors (Lipinski definition) is 0. The molecule has 0 atom stereocenters. The van der Waals surface area contributed by atoms with Gasteiger partial charge < -0.3 is 9.30 Å². The maximum Gasteiger partial charge on any atom is 0.164 e. The Balaban J connectivity index is 0.995. The van der Waals surface area contributed by atoms with Crippen LogP contribution < -0.4 is 4.74 Å². The highest BCUT2D eigenvalue weighted by Gasteiger charge is 2.51. The van der Waals surface area contributed by atoms with E-state index < -0.39 is 5.41 Å². The van der Waals surface area contributed by atoms with Crippen LogP contribution >= 0.6 is 11.3 Å². The molecule has 0 radical (unpaired) electrons. The summed E-state index contributed by atoms with van der Waals surface area (Å²) < 4.78 is 11.9. The topological polar surface area (TPSA) is 52.8 Å². The van der Waals surface area contributed by atoms with Crippen molar-refractivity contribution < 1.29 is 4.74 Å². The molecule has 0 fully saturated rings. The van der Waals surface area contributed by atoms with Crippen LogP contribution in [-0.2, 0) is 5.41 Å². The largest absolute Gasteiger partial charge is 0.457 e. The van der Waals surface area contributed by atoms with Gasteiger partial charge in [-0.1, -0.05) is 170 Å². The molecule has 0 saturated heterocycles. The predicted molar refractivity (Wildman–Crippen MR) is 286 cm³/mol. The minimum absolute atomic E-state index is 0.616. The van der Waals surface area contributed by atoms with Gasteiger partial charge in [0, 0.05) is 64.4 Å². The maximum absolute atomic E-state index is 6.83. The van der Waals surface area contributed by atoms with Crippen molar-refractivity contribution in [2.45, 2.75) is 5.41 Å². The van der Waals surface area contributed by atoms with Gasteiger partial charge in [-0.2, -0.15) is 0 Å². The molecule has 70 heavy (non-hydrogen) atoms. The van der Waals surface area contributed by atoms with Gasteiger partial charge in [-0.25, -0.2) is 15.0 Å². The molecule has 326 valence electrons. The van der Waals surface area contributed by atoms with Gasteiger partial charge in [0.25, 0.3) is 0 Å². The van der Waals surface area contributed by atoms with Crippen LogP contribution in [0.25, 0.3) is 104 Å². The zero-order chi connectivity index (χ0) is 45.9. The van der Waals surface area contributed by atoms with Crippen molar-refractivity contribution in [3.05, 3.63) is 253 Å². The quantitative estimate of drug-likeness (QED) is 0.173. The Kier molecular flexibility index (Phi) is 8.38. The zero-order valence-electron chi connectivity index (χ0n) is 37.5. The van der Waals surface area contributed by atoms with E-state index in [1.54, 1.807) is 0 Å². The van der Waals surface area contributed by atoms with Crippen LogP contribution in [0.1, 0.15) is 22.3 Å². The summed E-state index contributed by atoms with van der Waals surface area (Å²) in [7, 11) is 0. The van der Waals surface area contributed by atoms with Gasteiger partial charge in [-0.05, 0) is 94.0 Å². The van der Waals surface area contributed by atoms with Crippen molar-refractivity contribution in [1.82, 2.24) is 19.5 Å². The lowest BCUT2D eigenvalue weighted by molar-refractivity contribution is 0.436. The van der Waals surface area contributed by atoms with Gasteiger partial charge >= 0.3 is 0 Å². The van der Waals surface area contributed by atoms with Crippen LogP contribution in [0.3, 0.4) is 0 Å². The average molecular weight is 911 g/mol. The third kappa shape index (κ3) is 5.62. The molecule has 0 bridgehead atoms. The average Bonchev–Trinajstić information content (AvgIpc) is 4.06.